The summed E-state index contributed by atoms with van der Waals surface area (Å²) in [7, 11) is -3.97. The first-order valence-electron chi connectivity index (χ1n) is 13.7. The summed E-state index contributed by atoms with van der Waals surface area (Å²) < 4.78 is 65.9. The van der Waals surface area contributed by atoms with Gasteiger partial charge in [0.2, 0.25) is 21.8 Å². The molecule has 0 aliphatic rings. The van der Waals surface area contributed by atoms with E-state index in [2.05, 4.69) is 5.32 Å². The van der Waals surface area contributed by atoms with Gasteiger partial charge in [0.25, 0.3) is 0 Å². The van der Waals surface area contributed by atoms with E-state index in [1.54, 1.807) is 24.3 Å². The Morgan fingerprint density at radius 2 is 1.58 bits per heavy atom. The van der Waals surface area contributed by atoms with E-state index in [4.69, 9.17) is 11.6 Å². The first-order valence-corrected chi connectivity index (χ1v) is 15.9. The number of sulfonamides is 1. The molecule has 12 heteroatoms. The second-order valence-corrected chi connectivity index (χ2v) is 12.8. The molecule has 0 spiro atoms. The van der Waals surface area contributed by atoms with E-state index < -0.39 is 33.7 Å². The molecule has 1 atom stereocenters. The zero-order valence-electron chi connectivity index (χ0n) is 24.1. The molecule has 3 rings (SSSR count). The molecule has 0 radical (unpaired) electrons. The SMILES string of the molecule is CC(C)NC(=O)C(Cc1ccccc1)N(Cc1ccc(Cl)cc1)C(=O)CCCN(c1cccc(C(F)(F)F)c1)S(C)(=O)=O. The number of carbonyl (C=O) groups excluding carboxylic acids is 2. The number of nitrogens with one attached hydrogen (secondary N) is 1. The van der Waals surface area contributed by atoms with Gasteiger partial charge >= 0.3 is 6.18 Å². The molecular weight excluding hydrogens is 603 g/mol. The Labute approximate surface area is 255 Å². The molecular formula is C31H35ClF3N3O4S. The van der Waals surface area contributed by atoms with Crippen LogP contribution in [0.15, 0.2) is 78.9 Å². The van der Waals surface area contributed by atoms with Crippen molar-refractivity contribution in [1.29, 1.82) is 0 Å². The summed E-state index contributed by atoms with van der Waals surface area (Å²) >= 11 is 6.05. The molecule has 0 fully saturated rings. The van der Waals surface area contributed by atoms with Crippen molar-refractivity contribution in [3.63, 3.8) is 0 Å². The number of carbonyl (C=O) groups is 2. The lowest BCUT2D eigenvalue weighted by molar-refractivity contribution is -0.141. The fourth-order valence-corrected chi connectivity index (χ4v) is 5.65. The van der Waals surface area contributed by atoms with Gasteiger partial charge in [-0.1, -0.05) is 60.1 Å². The van der Waals surface area contributed by atoms with Crippen molar-refractivity contribution in [3.8, 4) is 0 Å². The zero-order chi connectivity index (χ0) is 31.8. The summed E-state index contributed by atoms with van der Waals surface area (Å²) in [5.41, 5.74) is 0.438. The van der Waals surface area contributed by atoms with E-state index in [0.717, 1.165) is 39.9 Å². The summed E-state index contributed by atoms with van der Waals surface area (Å²) in [5, 5.41) is 3.40. The lowest BCUT2D eigenvalue weighted by Gasteiger charge is -2.32. The van der Waals surface area contributed by atoms with Crippen LogP contribution in [0, 0.1) is 0 Å². The average Bonchev–Trinajstić information content (AvgIpc) is 2.93. The fraction of sp³-hybridized carbons (Fsp3) is 0.355. The number of benzene rings is 3. The highest BCUT2D eigenvalue weighted by Crippen LogP contribution is 2.32. The van der Waals surface area contributed by atoms with Crippen molar-refractivity contribution < 1.29 is 31.2 Å². The van der Waals surface area contributed by atoms with Crippen LogP contribution in [0.5, 0.6) is 0 Å². The molecule has 3 aromatic rings. The Morgan fingerprint density at radius 3 is 2.16 bits per heavy atom. The van der Waals surface area contributed by atoms with Gasteiger partial charge in [-0.3, -0.25) is 13.9 Å². The van der Waals surface area contributed by atoms with Crippen LogP contribution in [0.4, 0.5) is 18.9 Å². The molecule has 0 bridgehead atoms. The molecule has 2 amide bonds. The Bertz CT molecular complexity index is 1480. The summed E-state index contributed by atoms with van der Waals surface area (Å²) in [5.74, 6) is -0.754. The van der Waals surface area contributed by atoms with Crippen LogP contribution in [-0.4, -0.2) is 50.0 Å². The number of nitrogens with zero attached hydrogens (tertiary/aromatic N) is 2. The topological polar surface area (TPSA) is 86.8 Å². The number of alkyl halides is 3. The number of hydrogen-bond donors (Lipinski definition) is 1. The summed E-state index contributed by atoms with van der Waals surface area (Å²) in [4.78, 5) is 28.7. The molecule has 0 saturated heterocycles. The van der Waals surface area contributed by atoms with E-state index in [1.807, 2.05) is 44.2 Å². The highest BCUT2D eigenvalue weighted by atomic mass is 35.5. The number of amides is 2. The van der Waals surface area contributed by atoms with Crippen molar-refractivity contribution in [2.24, 2.45) is 0 Å². The molecule has 7 nitrogen and oxygen atoms in total. The molecule has 232 valence electrons. The van der Waals surface area contributed by atoms with Crippen molar-refractivity contribution in [3.05, 3.63) is 101 Å². The molecule has 0 saturated carbocycles. The quantitative estimate of drug-likeness (QED) is 0.247. The minimum Gasteiger partial charge on any atom is -0.352 e. The highest BCUT2D eigenvalue weighted by Gasteiger charge is 2.33. The number of hydrogen-bond acceptors (Lipinski definition) is 4. The molecule has 43 heavy (non-hydrogen) atoms. The molecule has 0 aliphatic carbocycles. The molecule has 1 unspecified atom stereocenters. The predicted molar refractivity (Wildman–Crippen MR) is 162 cm³/mol. The van der Waals surface area contributed by atoms with Crippen LogP contribution < -0.4 is 9.62 Å². The van der Waals surface area contributed by atoms with Gasteiger partial charge in [-0.05, 0) is 61.7 Å². The first-order chi connectivity index (χ1) is 20.1. The maximum Gasteiger partial charge on any atom is 0.416 e. The molecule has 0 aromatic heterocycles. The number of halogens is 4. The summed E-state index contributed by atoms with van der Waals surface area (Å²) in [6.45, 7) is 3.48. The minimum absolute atomic E-state index is 0.00310. The van der Waals surface area contributed by atoms with Crippen LogP contribution in [0.1, 0.15) is 43.4 Å². The van der Waals surface area contributed by atoms with Crippen molar-refractivity contribution >= 4 is 39.1 Å². The fourth-order valence-electron chi connectivity index (χ4n) is 4.56. The van der Waals surface area contributed by atoms with E-state index in [-0.39, 0.29) is 50.0 Å². The molecule has 3 aromatic carbocycles. The van der Waals surface area contributed by atoms with Crippen LogP contribution in [0.3, 0.4) is 0 Å². The van der Waals surface area contributed by atoms with Gasteiger partial charge in [-0.2, -0.15) is 13.2 Å². The standard InChI is InChI=1S/C31H35ClF3N3O4S/c1-22(2)36-30(40)28(19-23-9-5-4-6-10-23)37(21-24-14-16-26(32)17-15-24)29(39)13-8-18-38(43(3,41)42)27-12-7-11-25(20-27)31(33,34)35/h4-7,9-12,14-17,20,22,28H,8,13,18-19,21H2,1-3H3,(H,36,40). The van der Waals surface area contributed by atoms with Gasteiger partial charge in [0, 0.05) is 37.0 Å². The molecule has 0 aliphatic heterocycles. The second-order valence-electron chi connectivity index (χ2n) is 10.5. The summed E-state index contributed by atoms with van der Waals surface area (Å²) in [6.07, 6.45) is -3.67. The Hall–Kier alpha value is -3.57. The second kappa shape index (κ2) is 14.7. The van der Waals surface area contributed by atoms with Crippen molar-refractivity contribution in [2.75, 3.05) is 17.1 Å². The van der Waals surface area contributed by atoms with Crippen LogP contribution >= 0.6 is 11.6 Å². The maximum atomic E-state index is 13.8. The highest BCUT2D eigenvalue weighted by molar-refractivity contribution is 7.92. The van der Waals surface area contributed by atoms with Crippen LogP contribution in [0.2, 0.25) is 5.02 Å². The van der Waals surface area contributed by atoms with Gasteiger partial charge in [0.05, 0.1) is 17.5 Å². The Kier molecular flexibility index (Phi) is 11.6. The van der Waals surface area contributed by atoms with Crippen molar-refractivity contribution in [1.82, 2.24) is 10.2 Å². The van der Waals surface area contributed by atoms with Gasteiger partial charge in [0.15, 0.2) is 0 Å². The Morgan fingerprint density at radius 1 is 0.930 bits per heavy atom. The molecule has 1 N–H and O–H groups in total. The first kappa shape index (κ1) is 33.9. The largest absolute Gasteiger partial charge is 0.416 e. The monoisotopic (exact) mass is 637 g/mol. The third kappa shape index (κ3) is 10.3. The van der Waals surface area contributed by atoms with Crippen molar-refractivity contribution in [2.45, 2.75) is 57.9 Å². The third-order valence-electron chi connectivity index (χ3n) is 6.58. The maximum absolute atomic E-state index is 13.8. The number of anilines is 1. The molecule has 0 heterocycles. The van der Waals surface area contributed by atoms with E-state index in [1.165, 1.54) is 11.0 Å². The smallest absolute Gasteiger partial charge is 0.352 e. The third-order valence-corrected chi connectivity index (χ3v) is 8.03. The van der Waals surface area contributed by atoms with Gasteiger partial charge in [-0.15, -0.1) is 0 Å². The van der Waals surface area contributed by atoms with Gasteiger partial charge in [0.1, 0.15) is 6.04 Å². The van der Waals surface area contributed by atoms with E-state index in [0.29, 0.717) is 5.02 Å². The summed E-state index contributed by atoms with van der Waals surface area (Å²) in [6, 6.07) is 19.1. The Balaban J connectivity index is 1.89. The van der Waals surface area contributed by atoms with Crippen LogP contribution in [0.25, 0.3) is 0 Å². The van der Waals surface area contributed by atoms with Gasteiger partial charge < -0.3 is 10.2 Å². The lowest BCUT2D eigenvalue weighted by atomic mass is 10.0. The van der Waals surface area contributed by atoms with E-state index >= 15 is 0 Å². The normalized spacial score (nSPS) is 12.6. The zero-order valence-corrected chi connectivity index (χ0v) is 25.7. The average molecular weight is 638 g/mol. The van der Waals surface area contributed by atoms with E-state index in [9.17, 15) is 31.2 Å². The predicted octanol–water partition coefficient (Wildman–Crippen LogP) is 6.07. The minimum atomic E-state index is -4.65. The lowest BCUT2D eigenvalue weighted by Crippen LogP contribution is -2.51. The number of rotatable bonds is 13. The van der Waals surface area contributed by atoms with Crippen LogP contribution in [-0.2, 0) is 38.8 Å². The van der Waals surface area contributed by atoms with Gasteiger partial charge in [-0.25, -0.2) is 8.42 Å².